The molecular weight excluding hydrogens is 353 g/mol. The molecule has 0 aliphatic rings. The van der Waals surface area contributed by atoms with Crippen LogP contribution in [0.4, 0.5) is 4.39 Å². The van der Waals surface area contributed by atoms with E-state index in [1.165, 1.54) is 6.07 Å². The fourth-order valence-electron chi connectivity index (χ4n) is 1.56. The number of hydrogen-bond donors (Lipinski definition) is 1. The van der Waals surface area contributed by atoms with E-state index < -0.39 is 11.9 Å². The lowest BCUT2D eigenvalue weighted by molar-refractivity contribution is 0.215. The first-order chi connectivity index (χ1) is 8.09. The van der Waals surface area contributed by atoms with E-state index in [0.29, 0.717) is 10.6 Å². The molecule has 0 aromatic heterocycles. The highest BCUT2D eigenvalue weighted by Crippen LogP contribution is 2.28. The van der Waals surface area contributed by atoms with Gasteiger partial charge in [-0.1, -0.05) is 35.9 Å². The van der Waals surface area contributed by atoms with Crippen LogP contribution in [0.3, 0.4) is 0 Å². The van der Waals surface area contributed by atoms with Gasteiger partial charge < -0.3 is 5.11 Å². The maximum absolute atomic E-state index is 13.5. The predicted octanol–water partition coefficient (Wildman–Crippen LogP) is 4.17. The second kappa shape index (κ2) is 5.33. The molecule has 0 saturated carbocycles. The second-order valence-electron chi connectivity index (χ2n) is 3.60. The van der Waals surface area contributed by atoms with Crippen LogP contribution in [0.1, 0.15) is 17.2 Å². The molecule has 2 aromatic rings. The predicted molar refractivity (Wildman–Crippen MR) is 74.6 cm³/mol. The van der Waals surface area contributed by atoms with Crippen LogP contribution in [0.5, 0.6) is 0 Å². The van der Waals surface area contributed by atoms with Gasteiger partial charge >= 0.3 is 0 Å². The number of hydrogen-bond acceptors (Lipinski definition) is 1. The number of aliphatic hydroxyl groups excluding tert-OH is 1. The first-order valence-corrected chi connectivity index (χ1v) is 6.42. The Kier molecular flexibility index (Phi) is 4.01. The number of aliphatic hydroxyl groups is 1. The molecule has 0 amide bonds. The molecule has 1 atom stereocenters. The maximum Gasteiger partial charge on any atom is 0.129 e. The molecule has 0 bridgehead atoms. The van der Waals surface area contributed by atoms with Crippen LogP contribution in [-0.2, 0) is 0 Å². The van der Waals surface area contributed by atoms with Crippen molar-refractivity contribution in [2.45, 2.75) is 6.10 Å². The third-order valence-corrected chi connectivity index (χ3v) is 4.03. The smallest absolute Gasteiger partial charge is 0.129 e. The lowest BCUT2D eigenvalue weighted by Gasteiger charge is -2.13. The second-order valence-corrected chi connectivity index (χ2v) is 5.17. The van der Waals surface area contributed by atoms with Crippen molar-refractivity contribution in [1.29, 1.82) is 0 Å². The fraction of sp³-hybridized carbons (Fsp3) is 0.0769. The molecule has 1 nitrogen and oxygen atoms in total. The van der Waals surface area contributed by atoms with E-state index in [0.717, 1.165) is 3.57 Å². The lowest BCUT2D eigenvalue weighted by Crippen LogP contribution is -2.02. The van der Waals surface area contributed by atoms with Gasteiger partial charge in [-0.2, -0.15) is 0 Å². The molecule has 0 saturated heterocycles. The van der Waals surface area contributed by atoms with Crippen molar-refractivity contribution in [3.05, 3.63) is 68.0 Å². The van der Waals surface area contributed by atoms with Gasteiger partial charge in [-0.15, -0.1) is 0 Å². The summed E-state index contributed by atoms with van der Waals surface area (Å²) in [5.41, 5.74) is 0.838. The van der Waals surface area contributed by atoms with Crippen LogP contribution in [0, 0.1) is 9.39 Å². The Hall–Kier alpha value is -0.650. The van der Waals surface area contributed by atoms with Crippen LogP contribution in [-0.4, -0.2) is 5.11 Å². The number of halogens is 3. The summed E-state index contributed by atoms with van der Waals surface area (Å²) in [5, 5.41) is 10.6. The van der Waals surface area contributed by atoms with E-state index in [9.17, 15) is 9.50 Å². The summed E-state index contributed by atoms with van der Waals surface area (Å²) < 4.78 is 14.4. The molecule has 2 aromatic carbocycles. The molecule has 0 fully saturated rings. The molecule has 1 unspecified atom stereocenters. The first-order valence-electron chi connectivity index (χ1n) is 4.97. The molecule has 2 rings (SSSR count). The van der Waals surface area contributed by atoms with Crippen LogP contribution < -0.4 is 0 Å². The summed E-state index contributed by atoms with van der Waals surface area (Å²) in [6.07, 6.45) is -0.995. The van der Waals surface area contributed by atoms with Crippen molar-refractivity contribution in [3.8, 4) is 0 Å². The SMILES string of the molecule is OC(c1ccc(I)c(Cl)c1)c1ccccc1F. The summed E-state index contributed by atoms with van der Waals surface area (Å²) in [4.78, 5) is 0. The van der Waals surface area contributed by atoms with Gasteiger partial charge in [0.25, 0.3) is 0 Å². The highest BCUT2D eigenvalue weighted by atomic mass is 127. The van der Waals surface area contributed by atoms with Crippen LogP contribution in [0.15, 0.2) is 42.5 Å². The Morgan fingerprint density at radius 1 is 1.18 bits per heavy atom. The van der Waals surface area contributed by atoms with Gasteiger partial charge in [-0.25, -0.2) is 4.39 Å². The topological polar surface area (TPSA) is 20.2 Å². The van der Waals surface area contributed by atoms with Crippen molar-refractivity contribution in [3.63, 3.8) is 0 Å². The minimum Gasteiger partial charge on any atom is -0.384 e. The van der Waals surface area contributed by atoms with Gasteiger partial charge in [0.05, 0.1) is 5.02 Å². The average Bonchev–Trinajstić information content (AvgIpc) is 2.32. The molecule has 88 valence electrons. The summed E-state index contributed by atoms with van der Waals surface area (Å²) >= 11 is 8.07. The zero-order chi connectivity index (χ0) is 12.4. The van der Waals surface area contributed by atoms with E-state index in [1.54, 1.807) is 36.4 Å². The van der Waals surface area contributed by atoms with Gasteiger partial charge in [0.2, 0.25) is 0 Å². The normalized spacial score (nSPS) is 12.5. The first kappa shape index (κ1) is 12.8. The molecule has 1 N–H and O–H groups in total. The Morgan fingerprint density at radius 3 is 2.53 bits per heavy atom. The Morgan fingerprint density at radius 2 is 1.88 bits per heavy atom. The van der Waals surface area contributed by atoms with Gasteiger partial charge in [-0.05, 0) is 46.4 Å². The highest BCUT2D eigenvalue weighted by Gasteiger charge is 2.15. The van der Waals surface area contributed by atoms with Crippen molar-refractivity contribution in [2.24, 2.45) is 0 Å². The monoisotopic (exact) mass is 362 g/mol. The third-order valence-electron chi connectivity index (χ3n) is 2.46. The summed E-state index contributed by atoms with van der Waals surface area (Å²) in [6.45, 7) is 0. The largest absolute Gasteiger partial charge is 0.384 e. The van der Waals surface area contributed by atoms with Crippen LogP contribution in [0.25, 0.3) is 0 Å². The number of benzene rings is 2. The molecule has 0 aliphatic heterocycles. The molecule has 0 radical (unpaired) electrons. The number of rotatable bonds is 2. The van der Waals surface area contributed by atoms with Gasteiger partial charge in [0.1, 0.15) is 11.9 Å². The average molecular weight is 363 g/mol. The molecule has 0 spiro atoms. The van der Waals surface area contributed by atoms with Crippen molar-refractivity contribution >= 4 is 34.2 Å². The van der Waals surface area contributed by atoms with E-state index >= 15 is 0 Å². The zero-order valence-corrected chi connectivity index (χ0v) is 11.6. The van der Waals surface area contributed by atoms with E-state index in [-0.39, 0.29) is 5.56 Å². The van der Waals surface area contributed by atoms with Crippen LogP contribution in [0.2, 0.25) is 5.02 Å². The quantitative estimate of drug-likeness (QED) is 0.795. The lowest BCUT2D eigenvalue weighted by atomic mass is 10.0. The molecule has 17 heavy (non-hydrogen) atoms. The Labute approximate surface area is 117 Å². The standard InChI is InChI=1S/C13H9ClFIO/c14-10-7-8(5-6-12(10)16)13(17)9-3-1-2-4-11(9)15/h1-7,13,17H. The highest BCUT2D eigenvalue weighted by molar-refractivity contribution is 14.1. The van der Waals surface area contributed by atoms with Crippen molar-refractivity contribution in [1.82, 2.24) is 0 Å². The van der Waals surface area contributed by atoms with E-state index in [2.05, 4.69) is 22.6 Å². The van der Waals surface area contributed by atoms with Gasteiger partial charge in [0, 0.05) is 9.13 Å². The maximum atomic E-state index is 13.5. The Bertz CT molecular complexity index is 545. The zero-order valence-electron chi connectivity index (χ0n) is 8.70. The third kappa shape index (κ3) is 2.78. The van der Waals surface area contributed by atoms with E-state index in [4.69, 9.17) is 11.6 Å². The minimum atomic E-state index is -0.995. The Balaban J connectivity index is 2.40. The summed E-state index contributed by atoms with van der Waals surface area (Å²) in [7, 11) is 0. The van der Waals surface area contributed by atoms with Crippen molar-refractivity contribution in [2.75, 3.05) is 0 Å². The van der Waals surface area contributed by atoms with Gasteiger partial charge in [0.15, 0.2) is 0 Å². The molecule has 0 heterocycles. The van der Waals surface area contributed by atoms with Crippen LogP contribution >= 0.6 is 34.2 Å². The molecular formula is C13H9ClFIO. The van der Waals surface area contributed by atoms with E-state index in [1.807, 2.05) is 0 Å². The van der Waals surface area contributed by atoms with Crippen molar-refractivity contribution < 1.29 is 9.50 Å². The molecule has 4 heteroatoms. The van der Waals surface area contributed by atoms with Gasteiger partial charge in [-0.3, -0.25) is 0 Å². The minimum absolute atomic E-state index is 0.254. The summed E-state index contributed by atoms with van der Waals surface area (Å²) in [6, 6.07) is 11.4. The molecule has 0 aliphatic carbocycles. The summed E-state index contributed by atoms with van der Waals surface area (Å²) in [5.74, 6) is -0.422. The fourth-order valence-corrected chi connectivity index (χ4v) is 2.08.